The summed E-state index contributed by atoms with van der Waals surface area (Å²) in [5.41, 5.74) is 3.28. The Balaban J connectivity index is 1.64. The molecule has 156 valence electrons. The van der Waals surface area contributed by atoms with Crippen molar-refractivity contribution in [2.45, 2.75) is 65.4 Å². The highest BCUT2D eigenvalue weighted by molar-refractivity contribution is 5.90. The first kappa shape index (κ1) is 22.3. The van der Waals surface area contributed by atoms with Crippen LogP contribution < -0.4 is 9.47 Å². The van der Waals surface area contributed by atoms with E-state index in [1.165, 1.54) is 0 Å². The fourth-order valence-electron chi connectivity index (χ4n) is 3.44. The van der Waals surface area contributed by atoms with Gasteiger partial charge in [-0.2, -0.15) is 0 Å². The van der Waals surface area contributed by atoms with Crippen molar-refractivity contribution in [3.63, 3.8) is 0 Å². The Bertz CT molecular complexity index is 631. The van der Waals surface area contributed by atoms with Crippen LogP contribution >= 0.6 is 0 Å². The van der Waals surface area contributed by atoms with Gasteiger partial charge in [0.2, 0.25) is 0 Å². The number of hydrogen-bond donors (Lipinski definition) is 0. The van der Waals surface area contributed by atoms with E-state index in [1.807, 2.05) is 31.2 Å². The van der Waals surface area contributed by atoms with Crippen molar-refractivity contribution in [3.8, 4) is 11.5 Å². The Morgan fingerprint density at radius 2 is 1.82 bits per heavy atom. The Hall–Kier alpha value is -2.01. The van der Waals surface area contributed by atoms with E-state index in [-0.39, 0.29) is 6.10 Å². The van der Waals surface area contributed by atoms with Crippen LogP contribution in [0.5, 0.6) is 11.5 Å². The molecule has 1 aliphatic rings. The Labute approximate surface area is 169 Å². The van der Waals surface area contributed by atoms with E-state index in [2.05, 4.69) is 19.0 Å². The predicted molar refractivity (Wildman–Crippen MR) is 114 cm³/mol. The molecule has 0 aliphatic heterocycles. The minimum Gasteiger partial charge on any atom is -0.493 e. The second-order valence-electron chi connectivity index (χ2n) is 7.19. The Kier molecular flexibility index (Phi) is 9.91. The normalized spacial score (nSPS) is 18.1. The molecule has 0 heterocycles. The molecule has 1 atom stereocenters. The van der Waals surface area contributed by atoms with Gasteiger partial charge in [0.05, 0.1) is 18.4 Å². The average Bonchev–Trinajstić information content (AvgIpc) is 3.10. The van der Waals surface area contributed by atoms with E-state index in [0.29, 0.717) is 6.61 Å². The summed E-state index contributed by atoms with van der Waals surface area (Å²) < 4.78 is 17.7. The molecule has 0 saturated heterocycles. The van der Waals surface area contributed by atoms with E-state index in [0.717, 1.165) is 80.1 Å². The quantitative estimate of drug-likeness (QED) is 0.274. The van der Waals surface area contributed by atoms with Gasteiger partial charge < -0.3 is 19.0 Å². The standard InChI is InChI=1S/C23H35NO4/c1-5-6-13-26-20-16-18(2)23(19(3)17-20)28-15-9-7-8-14-27-22-12-10-11-21(22)24-25-4/h5-6,16-17,22H,7-15H2,1-4H3/b6-5+,24-21+. The molecule has 0 aromatic heterocycles. The lowest BCUT2D eigenvalue weighted by Gasteiger charge is -2.15. The number of nitrogens with zero attached hydrogens (tertiary/aromatic N) is 1. The van der Waals surface area contributed by atoms with Gasteiger partial charge in [-0.15, -0.1) is 0 Å². The minimum absolute atomic E-state index is 0.148. The smallest absolute Gasteiger partial charge is 0.125 e. The second kappa shape index (κ2) is 12.4. The van der Waals surface area contributed by atoms with E-state index in [9.17, 15) is 0 Å². The van der Waals surface area contributed by atoms with Gasteiger partial charge in [0.25, 0.3) is 0 Å². The maximum atomic E-state index is 6.03. The third kappa shape index (κ3) is 7.19. The number of benzene rings is 1. The number of hydrogen-bond acceptors (Lipinski definition) is 5. The van der Waals surface area contributed by atoms with Gasteiger partial charge in [-0.25, -0.2) is 0 Å². The fourth-order valence-corrected chi connectivity index (χ4v) is 3.44. The first-order chi connectivity index (χ1) is 13.7. The van der Waals surface area contributed by atoms with Crippen LogP contribution in [-0.2, 0) is 9.57 Å². The summed E-state index contributed by atoms with van der Waals surface area (Å²) in [5, 5.41) is 4.07. The van der Waals surface area contributed by atoms with Gasteiger partial charge >= 0.3 is 0 Å². The summed E-state index contributed by atoms with van der Waals surface area (Å²) in [6.45, 7) is 8.21. The number of aryl methyl sites for hydroxylation is 2. The largest absolute Gasteiger partial charge is 0.493 e. The zero-order valence-electron chi connectivity index (χ0n) is 17.8. The molecule has 5 heteroatoms. The third-order valence-corrected chi connectivity index (χ3v) is 4.85. The number of rotatable bonds is 12. The second-order valence-corrected chi connectivity index (χ2v) is 7.19. The lowest BCUT2D eigenvalue weighted by molar-refractivity contribution is 0.0905. The number of unbranched alkanes of at least 4 members (excludes halogenated alkanes) is 2. The predicted octanol–water partition coefficient (Wildman–Crippen LogP) is 5.38. The highest BCUT2D eigenvalue weighted by atomic mass is 16.6. The molecule has 1 saturated carbocycles. The maximum absolute atomic E-state index is 6.03. The van der Waals surface area contributed by atoms with Crippen molar-refractivity contribution in [1.29, 1.82) is 0 Å². The molecule has 0 radical (unpaired) electrons. The van der Waals surface area contributed by atoms with Crippen LogP contribution in [0, 0.1) is 13.8 Å². The highest BCUT2D eigenvalue weighted by Gasteiger charge is 2.23. The minimum atomic E-state index is 0.148. The van der Waals surface area contributed by atoms with Crippen molar-refractivity contribution < 1.29 is 19.0 Å². The molecular weight excluding hydrogens is 354 g/mol. The molecular formula is C23H35NO4. The molecule has 0 bridgehead atoms. The zero-order chi connectivity index (χ0) is 20.2. The van der Waals surface area contributed by atoms with Crippen LogP contribution in [0.1, 0.15) is 56.6 Å². The van der Waals surface area contributed by atoms with Crippen molar-refractivity contribution in [2.75, 3.05) is 26.9 Å². The summed E-state index contributed by atoms with van der Waals surface area (Å²) in [6.07, 6.45) is 10.5. The molecule has 1 fully saturated rings. The van der Waals surface area contributed by atoms with E-state index in [1.54, 1.807) is 7.11 Å². The molecule has 0 amide bonds. The lowest BCUT2D eigenvalue weighted by atomic mass is 10.1. The number of oxime groups is 1. The van der Waals surface area contributed by atoms with Crippen molar-refractivity contribution in [1.82, 2.24) is 0 Å². The van der Waals surface area contributed by atoms with E-state index in [4.69, 9.17) is 19.0 Å². The lowest BCUT2D eigenvalue weighted by Crippen LogP contribution is -2.19. The summed E-state index contributed by atoms with van der Waals surface area (Å²) >= 11 is 0. The van der Waals surface area contributed by atoms with E-state index >= 15 is 0 Å². The van der Waals surface area contributed by atoms with Gasteiger partial charge in [0, 0.05) is 6.61 Å². The molecule has 1 aliphatic carbocycles. The van der Waals surface area contributed by atoms with Crippen LogP contribution in [-0.4, -0.2) is 38.7 Å². The molecule has 2 rings (SSSR count). The first-order valence-electron chi connectivity index (χ1n) is 10.3. The van der Waals surface area contributed by atoms with Crippen molar-refractivity contribution in [2.24, 2.45) is 5.16 Å². The molecule has 1 aromatic carbocycles. The number of allylic oxidation sites excluding steroid dienone is 1. The molecule has 5 nitrogen and oxygen atoms in total. The average molecular weight is 390 g/mol. The van der Waals surface area contributed by atoms with Crippen LogP contribution in [0.4, 0.5) is 0 Å². The summed E-state index contributed by atoms with van der Waals surface area (Å²) in [6, 6.07) is 4.08. The highest BCUT2D eigenvalue weighted by Crippen LogP contribution is 2.28. The van der Waals surface area contributed by atoms with Crippen LogP contribution in [0.2, 0.25) is 0 Å². The first-order valence-corrected chi connectivity index (χ1v) is 10.3. The molecule has 28 heavy (non-hydrogen) atoms. The van der Waals surface area contributed by atoms with Gasteiger partial charge in [-0.3, -0.25) is 0 Å². The topological polar surface area (TPSA) is 49.3 Å². The van der Waals surface area contributed by atoms with Gasteiger partial charge in [-0.1, -0.05) is 17.3 Å². The Morgan fingerprint density at radius 3 is 2.54 bits per heavy atom. The zero-order valence-corrected chi connectivity index (χ0v) is 17.8. The monoisotopic (exact) mass is 389 g/mol. The fraction of sp³-hybridized carbons (Fsp3) is 0.609. The molecule has 0 N–H and O–H groups in total. The van der Waals surface area contributed by atoms with Gasteiger partial charge in [0.1, 0.15) is 25.2 Å². The summed E-state index contributed by atoms with van der Waals surface area (Å²) in [7, 11) is 1.59. The summed E-state index contributed by atoms with van der Waals surface area (Å²) in [5.74, 6) is 1.86. The number of ether oxygens (including phenoxy) is 3. The third-order valence-electron chi connectivity index (χ3n) is 4.85. The Morgan fingerprint density at radius 1 is 1.07 bits per heavy atom. The maximum Gasteiger partial charge on any atom is 0.125 e. The molecule has 0 spiro atoms. The van der Waals surface area contributed by atoms with Crippen molar-refractivity contribution >= 4 is 5.71 Å². The van der Waals surface area contributed by atoms with Crippen molar-refractivity contribution in [3.05, 3.63) is 35.4 Å². The van der Waals surface area contributed by atoms with Crippen LogP contribution in [0.15, 0.2) is 29.4 Å². The van der Waals surface area contributed by atoms with Gasteiger partial charge in [0.15, 0.2) is 0 Å². The van der Waals surface area contributed by atoms with Crippen LogP contribution in [0.25, 0.3) is 0 Å². The molecule has 1 aromatic rings. The molecule has 1 unspecified atom stereocenters. The van der Waals surface area contributed by atoms with E-state index < -0.39 is 0 Å². The van der Waals surface area contributed by atoms with Gasteiger partial charge in [-0.05, 0) is 82.6 Å². The van der Waals surface area contributed by atoms with Crippen LogP contribution in [0.3, 0.4) is 0 Å². The summed E-state index contributed by atoms with van der Waals surface area (Å²) in [4.78, 5) is 4.89. The SMILES string of the molecule is C/C=C/COc1cc(C)c(OCCCCCOC2CCC/C2=N\OC)c(C)c1.